The molecule has 1 heterocycles. The van der Waals surface area contributed by atoms with Crippen molar-refractivity contribution in [1.82, 2.24) is 4.90 Å². The highest BCUT2D eigenvalue weighted by Crippen LogP contribution is 2.22. The summed E-state index contributed by atoms with van der Waals surface area (Å²) in [5.41, 5.74) is 3.35. The summed E-state index contributed by atoms with van der Waals surface area (Å²) in [6.07, 6.45) is 3.16. The van der Waals surface area contributed by atoms with E-state index in [1.54, 1.807) is 0 Å². The van der Waals surface area contributed by atoms with E-state index < -0.39 is 0 Å². The molecule has 0 unspecified atom stereocenters. The number of nitrogens with one attached hydrogen (secondary N) is 2. The Hall–Kier alpha value is -2.04. The van der Waals surface area contributed by atoms with Gasteiger partial charge in [0.05, 0.1) is 17.9 Å². The van der Waals surface area contributed by atoms with Gasteiger partial charge in [-0.2, -0.15) is 0 Å². The molecule has 1 aliphatic rings. The van der Waals surface area contributed by atoms with E-state index >= 15 is 0 Å². The van der Waals surface area contributed by atoms with Gasteiger partial charge in [0, 0.05) is 18.0 Å². The monoisotopic (exact) mass is 370 g/mol. The van der Waals surface area contributed by atoms with E-state index in [4.69, 9.17) is 16.6 Å². The van der Waals surface area contributed by atoms with Gasteiger partial charge in [-0.15, -0.1) is 0 Å². The molecule has 0 aliphatic carbocycles. The van der Waals surface area contributed by atoms with Gasteiger partial charge in [-0.25, -0.2) is 0 Å². The Kier molecular flexibility index (Phi) is 6.92. The Bertz CT molecular complexity index is 744. The molecular formula is C21H27ClN4. The van der Waals surface area contributed by atoms with Crippen LogP contribution in [0.1, 0.15) is 24.8 Å². The maximum atomic E-state index is 6.09. The highest BCUT2D eigenvalue weighted by molar-refractivity contribution is 6.30. The number of para-hydroxylation sites is 2. The van der Waals surface area contributed by atoms with Crippen molar-refractivity contribution in [3.8, 4) is 0 Å². The molecule has 0 bridgehead atoms. The second-order valence-electron chi connectivity index (χ2n) is 6.75. The highest BCUT2D eigenvalue weighted by Gasteiger charge is 2.08. The fourth-order valence-electron chi connectivity index (χ4n) is 3.11. The number of anilines is 2. The third-order valence-corrected chi connectivity index (χ3v) is 4.77. The zero-order valence-electron chi connectivity index (χ0n) is 15.3. The predicted octanol–water partition coefficient (Wildman–Crippen LogP) is 4.88. The maximum Gasteiger partial charge on any atom is 0.101 e. The van der Waals surface area contributed by atoms with E-state index in [1.165, 1.54) is 0 Å². The molecule has 138 valence electrons. The minimum atomic E-state index is 0.633. The molecule has 0 spiro atoms. The lowest BCUT2D eigenvalue weighted by molar-refractivity contribution is 0.330. The Morgan fingerprint density at radius 3 is 2.69 bits per heavy atom. The molecule has 0 fully saturated rings. The van der Waals surface area contributed by atoms with Crippen molar-refractivity contribution in [3.05, 3.63) is 59.1 Å². The second-order valence-corrected chi connectivity index (χ2v) is 7.19. The summed E-state index contributed by atoms with van der Waals surface area (Å²) in [7, 11) is 2.19. The van der Waals surface area contributed by atoms with E-state index in [9.17, 15) is 0 Å². The Labute approximate surface area is 161 Å². The molecule has 0 amide bonds. The number of halogens is 1. The van der Waals surface area contributed by atoms with E-state index in [0.717, 1.165) is 66.7 Å². The number of amidine groups is 1. The number of aliphatic imine (C=N–C) groups is 1. The molecule has 0 atom stereocenters. The van der Waals surface area contributed by atoms with Gasteiger partial charge in [0.2, 0.25) is 0 Å². The van der Waals surface area contributed by atoms with Crippen molar-refractivity contribution in [1.29, 1.82) is 0 Å². The van der Waals surface area contributed by atoms with Crippen LogP contribution in [0, 0.1) is 0 Å². The first-order valence-electron chi connectivity index (χ1n) is 9.27. The van der Waals surface area contributed by atoms with Crippen LogP contribution in [0.2, 0.25) is 5.02 Å². The van der Waals surface area contributed by atoms with Gasteiger partial charge in [0.25, 0.3) is 0 Å². The van der Waals surface area contributed by atoms with Crippen molar-refractivity contribution in [2.75, 3.05) is 37.3 Å². The predicted molar refractivity (Wildman–Crippen MR) is 112 cm³/mol. The summed E-state index contributed by atoms with van der Waals surface area (Å²) in [4.78, 5) is 7.24. The quantitative estimate of drug-likeness (QED) is 0.791. The van der Waals surface area contributed by atoms with Crippen LogP contribution in [0.4, 0.5) is 11.4 Å². The molecule has 0 aromatic heterocycles. The summed E-state index contributed by atoms with van der Waals surface area (Å²) < 4.78 is 0. The SMILES string of the molecule is CN1CCCNc2ccccc2NC(=NCc2cccc(Cl)c2)CCC1. The first-order valence-corrected chi connectivity index (χ1v) is 9.65. The first kappa shape index (κ1) is 18.7. The summed E-state index contributed by atoms with van der Waals surface area (Å²) in [5, 5.41) is 7.85. The highest BCUT2D eigenvalue weighted by atomic mass is 35.5. The summed E-state index contributed by atoms with van der Waals surface area (Å²) in [6, 6.07) is 16.3. The number of fused-ring (bicyclic) bond motifs is 1. The van der Waals surface area contributed by atoms with Crippen molar-refractivity contribution in [2.45, 2.75) is 25.8 Å². The molecule has 0 saturated carbocycles. The normalized spacial score (nSPS) is 18.2. The molecule has 4 nitrogen and oxygen atoms in total. The molecule has 0 radical (unpaired) electrons. The molecule has 0 saturated heterocycles. The zero-order chi connectivity index (χ0) is 18.2. The molecule has 2 aromatic carbocycles. The largest absolute Gasteiger partial charge is 0.383 e. The number of hydrogen-bond donors (Lipinski definition) is 2. The zero-order valence-corrected chi connectivity index (χ0v) is 16.1. The van der Waals surface area contributed by atoms with Crippen LogP contribution >= 0.6 is 11.6 Å². The molecule has 2 aromatic rings. The minimum Gasteiger partial charge on any atom is -0.383 e. The van der Waals surface area contributed by atoms with Crippen molar-refractivity contribution >= 4 is 28.8 Å². The van der Waals surface area contributed by atoms with Crippen LogP contribution in [0.15, 0.2) is 53.5 Å². The van der Waals surface area contributed by atoms with Gasteiger partial charge in [-0.1, -0.05) is 35.9 Å². The summed E-state index contributed by atoms with van der Waals surface area (Å²) >= 11 is 6.09. The number of nitrogens with zero attached hydrogens (tertiary/aromatic N) is 2. The smallest absolute Gasteiger partial charge is 0.101 e. The molecular weight excluding hydrogens is 344 g/mol. The van der Waals surface area contributed by atoms with E-state index in [2.05, 4.69) is 52.9 Å². The van der Waals surface area contributed by atoms with Gasteiger partial charge >= 0.3 is 0 Å². The minimum absolute atomic E-state index is 0.633. The molecule has 3 rings (SSSR count). The number of hydrogen-bond acceptors (Lipinski definition) is 3. The van der Waals surface area contributed by atoms with Crippen LogP contribution in [0.3, 0.4) is 0 Å². The third kappa shape index (κ3) is 5.75. The van der Waals surface area contributed by atoms with Crippen LogP contribution in [0.5, 0.6) is 0 Å². The van der Waals surface area contributed by atoms with E-state index in [1.807, 2.05) is 18.2 Å². The van der Waals surface area contributed by atoms with Crippen LogP contribution in [-0.4, -0.2) is 37.4 Å². The third-order valence-electron chi connectivity index (χ3n) is 4.53. The van der Waals surface area contributed by atoms with Gasteiger partial charge in [0.1, 0.15) is 5.84 Å². The average Bonchev–Trinajstić information content (AvgIpc) is 2.63. The molecule has 26 heavy (non-hydrogen) atoms. The van der Waals surface area contributed by atoms with Crippen LogP contribution < -0.4 is 10.6 Å². The Morgan fingerprint density at radius 1 is 1.04 bits per heavy atom. The standard InChI is InChI=1S/C21H27ClN4/c1-26-13-5-11-21(24-16-17-7-4-8-18(22)15-17)25-20-10-3-2-9-19(20)23-12-6-14-26/h2-4,7-10,15,23H,5-6,11-14,16H2,1H3,(H,24,25). The van der Waals surface area contributed by atoms with Crippen LogP contribution in [-0.2, 0) is 6.54 Å². The topological polar surface area (TPSA) is 39.7 Å². The van der Waals surface area contributed by atoms with Crippen LogP contribution in [0.25, 0.3) is 0 Å². The van der Waals surface area contributed by atoms with Gasteiger partial charge in [-0.3, -0.25) is 4.99 Å². The molecule has 2 N–H and O–H groups in total. The average molecular weight is 371 g/mol. The Balaban J connectivity index is 1.79. The van der Waals surface area contributed by atoms with Crippen molar-refractivity contribution < 1.29 is 0 Å². The maximum absolute atomic E-state index is 6.09. The lowest BCUT2D eigenvalue weighted by atomic mass is 10.2. The number of benzene rings is 2. The van der Waals surface area contributed by atoms with E-state index in [0.29, 0.717) is 6.54 Å². The molecule has 5 heteroatoms. The van der Waals surface area contributed by atoms with Crippen molar-refractivity contribution in [2.24, 2.45) is 4.99 Å². The lowest BCUT2D eigenvalue weighted by Crippen LogP contribution is -2.25. The van der Waals surface area contributed by atoms with Gasteiger partial charge in [0.15, 0.2) is 0 Å². The Morgan fingerprint density at radius 2 is 1.85 bits per heavy atom. The first-order chi connectivity index (χ1) is 12.7. The van der Waals surface area contributed by atoms with Gasteiger partial charge < -0.3 is 15.5 Å². The fraction of sp³-hybridized carbons (Fsp3) is 0.381. The van der Waals surface area contributed by atoms with E-state index in [-0.39, 0.29) is 0 Å². The summed E-state index contributed by atoms with van der Waals surface area (Å²) in [6.45, 7) is 3.80. The fourth-order valence-corrected chi connectivity index (χ4v) is 3.32. The lowest BCUT2D eigenvalue weighted by Gasteiger charge is -2.21. The second kappa shape index (κ2) is 9.60. The number of rotatable bonds is 2. The molecule has 1 aliphatic heterocycles. The summed E-state index contributed by atoms with van der Waals surface area (Å²) in [5.74, 6) is 1.02. The van der Waals surface area contributed by atoms with Gasteiger partial charge in [-0.05, 0) is 62.8 Å². The van der Waals surface area contributed by atoms with Crippen molar-refractivity contribution in [3.63, 3.8) is 0 Å².